The van der Waals surface area contributed by atoms with Crippen LogP contribution in [0.4, 0.5) is 0 Å². The maximum Gasteiger partial charge on any atom is 0.224 e. The number of likely N-dealkylation sites (tertiary alicyclic amines) is 1. The minimum absolute atomic E-state index is 0. The highest BCUT2D eigenvalue weighted by Gasteiger charge is 2.30. The Hall–Kier alpha value is -1.06. The van der Waals surface area contributed by atoms with E-state index in [1.54, 1.807) is 0 Å². The van der Waals surface area contributed by atoms with Gasteiger partial charge in [0.2, 0.25) is 5.91 Å². The first-order valence-electron chi connectivity index (χ1n) is 7.96. The van der Waals surface area contributed by atoms with Gasteiger partial charge in [-0.15, -0.1) is 12.4 Å². The molecule has 2 N–H and O–H groups in total. The topological polar surface area (TPSA) is 46.3 Å². The number of rotatable bonds is 3. The SMILES string of the molecule is CC(C)(C)C1CCN(C(=O)CC(N)c2ccccc2)CC1.Cl. The van der Waals surface area contributed by atoms with Gasteiger partial charge in [-0.1, -0.05) is 51.1 Å². The lowest BCUT2D eigenvalue weighted by atomic mass is 9.75. The van der Waals surface area contributed by atoms with Crippen molar-refractivity contribution in [3.63, 3.8) is 0 Å². The van der Waals surface area contributed by atoms with Crippen molar-refractivity contribution in [3.05, 3.63) is 35.9 Å². The first-order valence-corrected chi connectivity index (χ1v) is 7.96. The molecule has 0 aliphatic carbocycles. The average Bonchev–Trinajstić information content (AvgIpc) is 2.47. The Kier molecular flexibility index (Phi) is 6.89. The van der Waals surface area contributed by atoms with Crippen LogP contribution in [0.5, 0.6) is 0 Å². The standard InChI is InChI=1S/C18H28N2O.ClH/c1-18(2,3)15-9-11-20(12-10-15)17(21)13-16(19)14-7-5-4-6-8-14;/h4-8,15-16H,9-13,19H2,1-3H3;1H. The zero-order valence-electron chi connectivity index (χ0n) is 13.9. The summed E-state index contributed by atoms with van der Waals surface area (Å²) in [6.45, 7) is 8.63. The van der Waals surface area contributed by atoms with Crippen molar-refractivity contribution in [3.8, 4) is 0 Å². The van der Waals surface area contributed by atoms with E-state index in [4.69, 9.17) is 5.73 Å². The predicted octanol–water partition coefficient (Wildman–Crippen LogP) is 3.78. The molecule has 1 aromatic carbocycles. The van der Waals surface area contributed by atoms with E-state index in [0.29, 0.717) is 17.8 Å². The first kappa shape index (κ1) is 19.0. The molecule has 0 saturated carbocycles. The van der Waals surface area contributed by atoms with Crippen molar-refractivity contribution < 1.29 is 4.79 Å². The van der Waals surface area contributed by atoms with Gasteiger partial charge in [0, 0.05) is 25.6 Å². The molecule has 124 valence electrons. The van der Waals surface area contributed by atoms with E-state index in [0.717, 1.165) is 31.5 Å². The van der Waals surface area contributed by atoms with Gasteiger partial charge < -0.3 is 10.6 Å². The Labute approximate surface area is 140 Å². The highest BCUT2D eigenvalue weighted by Crippen LogP contribution is 2.34. The zero-order chi connectivity index (χ0) is 15.5. The van der Waals surface area contributed by atoms with E-state index in [1.807, 2.05) is 35.2 Å². The number of carbonyl (C=O) groups excluding carboxylic acids is 1. The molecule has 1 fully saturated rings. The Balaban J connectivity index is 0.00000242. The lowest BCUT2D eigenvalue weighted by Crippen LogP contribution is -2.42. The summed E-state index contributed by atoms with van der Waals surface area (Å²) in [5, 5.41) is 0. The van der Waals surface area contributed by atoms with Crippen LogP contribution in [-0.2, 0) is 4.79 Å². The molecular formula is C18H29ClN2O. The van der Waals surface area contributed by atoms with Gasteiger partial charge in [0.25, 0.3) is 0 Å². The van der Waals surface area contributed by atoms with Gasteiger partial charge in [0.05, 0.1) is 0 Å². The number of halogens is 1. The van der Waals surface area contributed by atoms with Crippen LogP contribution in [0.3, 0.4) is 0 Å². The fraction of sp³-hybridized carbons (Fsp3) is 0.611. The van der Waals surface area contributed by atoms with Gasteiger partial charge in [-0.3, -0.25) is 4.79 Å². The monoisotopic (exact) mass is 324 g/mol. The molecule has 0 aromatic heterocycles. The average molecular weight is 325 g/mol. The summed E-state index contributed by atoms with van der Waals surface area (Å²) in [6, 6.07) is 9.69. The van der Waals surface area contributed by atoms with Crippen molar-refractivity contribution in [2.45, 2.75) is 46.1 Å². The van der Waals surface area contributed by atoms with E-state index in [2.05, 4.69) is 20.8 Å². The van der Waals surface area contributed by atoms with Crippen LogP contribution < -0.4 is 5.73 Å². The van der Waals surface area contributed by atoms with Crippen molar-refractivity contribution in [2.24, 2.45) is 17.1 Å². The molecule has 0 radical (unpaired) electrons. The highest BCUT2D eigenvalue weighted by atomic mass is 35.5. The Bertz CT molecular complexity index is 462. The lowest BCUT2D eigenvalue weighted by Gasteiger charge is -2.39. The fourth-order valence-corrected chi connectivity index (χ4v) is 3.13. The van der Waals surface area contributed by atoms with Gasteiger partial charge in [-0.05, 0) is 29.7 Å². The number of hydrogen-bond donors (Lipinski definition) is 1. The molecule has 1 aliphatic heterocycles. The third kappa shape index (κ3) is 4.99. The van der Waals surface area contributed by atoms with Crippen molar-refractivity contribution in [2.75, 3.05) is 13.1 Å². The van der Waals surface area contributed by atoms with Crippen LogP contribution in [0.15, 0.2) is 30.3 Å². The maximum atomic E-state index is 12.4. The molecule has 1 aromatic rings. The molecular weight excluding hydrogens is 296 g/mol. The van der Waals surface area contributed by atoms with E-state index in [-0.39, 0.29) is 24.4 Å². The first-order chi connectivity index (χ1) is 9.88. The number of benzene rings is 1. The molecule has 1 aliphatic rings. The summed E-state index contributed by atoms with van der Waals surface area (Å²) in [6.07, 6.45) is 2.62. The summed E-state index contributed by atoms with van der Waals surface area (Å²) in [7, 11) is 0. The van der Waals surface area contributed by atoms with Crippen LogP contribution >= 0.6 is 12.4 Å². The molecule has 0 bridgehead atoms. The predicted molar refractivity (Wildman–Crippen MR) is 94.0 cm³/mol. The van der Waals surface area contributed by atoms with Gasteiger partial charge in [-0.2, -0.15) is 0 Å². The Morgan fingerprint density at radius 1 is 1.23 bits per heavy atom. The summed E-state index contributed by atoms with van der Waals surface area (Å²) >= 11 is 0. The Morgan fingerprint density at radius 3 is 2.27 bits per heavy atom. The third-order valence-electron chi connectivity index (χ3n) is 4.69. The number of piperidine rings is 1. The van der Waals surface area contributed by atoms with Gasteiger partial charge >= 0.3 is 0 Å². The van der Waals surface area contributed by atoms with Crippen LogP contribution in [0.2, 0.25) is 0 Å². The van der Waals surface area contributed by atoms with Gasteiger partial charge in [0.15, 0.2) is 0 Å². The largest absolute Gasteiger partial charge is 0.343 e. The Morgan fingerprint density at radius 2 is 1.77 bits per heavy atom. The summed E-state index contributed by atoms with van der Waals surface area (Å²) < 4.78 is 0. The molecule has 0 spiro atoms. The van der Waals surface area contributed by atoms with Crippen LogP contribution in [0.25, 0.3) is 0 Å². The third-order valence-corrected chi connectivity index (χ3v) is 4.69. The van der Waals surface area contributed by atoms with Gasteiger partial charge in [-0.25, -0.2) is 0 Å². The minimum Gasteiger partial charge on any atom is -0.343 e. The molecule has 1 amide bonds. The van der Waals surface area contributed by atoms with Crippen LogP contribution in [0.1, 0.15) is 51.6 Å². The molecule has 1 heterocycles. The molecule has 22 heavy (non-hydrogen) atoms. The molecule has 2 rings (SSSR count). The van der Waals surface area contributed by atoms with E-state index in [1.165, 1.54) is 0 Å². The number of carbonyl (C=O) groups is 1. The maximum absolute atomic E-state index is 12.4. The summed E-state index contributed by atoms with van der Waals surface area (Å²) in [5.41, 5.74) is 7.53. The van der Waals surface area contributed by atoms with E-state index < -0.39 is 0 Å². The molecule has 1 saturated heterocycles. The van der Waals surface area contributed by atoms with E-state index >= 15 is 0 Å². The molecule has 1 atom stereocenters. The number of nitrogens with two attached hydrogens (primary N) is 1. The normalized spacial score (nSPS) is 17.7. The second kappa shape index (κ2) is 7.98. The van der Waals surface area contributed by atoms with Crippen molar-refractivity contribution in [1.82, 2.24) is 4.90 Å². The molecule has 3 nitrogen and oxygen atoms in total. The number of amides is 1. The van der Waals surface area contributed by atoms with Crippen LogP contribution in [-0.4, -0.2) is 23.9 Å². The van der Waals surface area contributed by atoms with Crippen molar-refractivity contribution >= 4 is 18.3 Å². The second-order valence-electron chi connectivity index (χ2n) is 7.24. The quantitative estimate of drug-likeness (QED) is 0.919. The van der Waals surface area contributed by atoms with Crippen molar-refractivity contribution in [1.29, 1.82) is 0 Å². The second-order valence-corrected chi connectivity index (χ2v) is 7.24. The minimum atomic E-state index is -0.195. The smallest absolute Gasteiger partial charge is 0.224 e. The van der Waals surface area contributed by atoms with Crippen LogP contribution in [0, 0.1) is 11.3 Å². The summed E-state index contributed by atoms with van der Waals surface area (Å²) in [5.74, 6) is 0.906. The number of nitrogens with zero attached hydrogens (tertiary/aromatic N) is 1. The van der Waals surface area contributed by atoms with E-state index in [9.17, 15) is 4.79 Å². The number of hydrogen-bond acceptors (Lipinski definition) is 2. The molecule has 1 unspecified atom stereocenters. The lowest BCUT2D eigenvalue weighted by molar-refractivity contribution is -0.133. The van der Waals surface area contributed by atoms with Gasteiger partial charge in [0.1, 0.15) is 0 Å². The fourth-order valence-electron chi connectivity index (χ4n) is 3.13. The molecule has 4 heteroatoms. The highest BCUT2D eigenvalue weighted by molar-refractivity contribution is 5.85. The zero-order valence-corrected chi connectivity index (χ0v) is 14.7. The summed E-state index contributed by atoms with van der Waals surface area (Å²) in [4.78, 5) is 14.4.